The third kappa shape index (κ3) is 4.02. The van der Waals surface area contributed by atoms with Crippen LogP contribution in [0.2, 0.25) is 5.02 Å². The van der Waals surface area contributed by atoms with Crippen LogP contribution in [0, 0.1) is 13.8 Å². The van der Waals surface area contributed by atoms with Crippen LogP contribution in [0.4, 0.5) is 11.5 Å². The second-order valence-electron chi connectivity index (χ2n) is 6.64. The van der Waals surface area contributed by atoms with Crippen LogP contribution >= 0.6 is 22.9 Å². The minimum absolute atomic E-state index is 0.252. The Morgan fingerprint density at radius 1 is 1.13 bits per heavy atom. The highest BCUT2D eigenvalue weighted by Gasteiger charge is 2.23. The highest BCUT2D eigenvalue weighted by atomic mass is 35.5. The maximum atomic E-state index is 13.2. The highest BCUT2D eigenvalue weighted by molar-refractivity contribution is 7.20. The largest absolute Gasteiger partial charge is 0.495 e. The number of amides is 1. The van der Waals surface area contributed by atoms with Crippen molar-refractivity contribution in [3.63, 3.8) is 0 Å². The summed E-state index contributed by atoms with van der Waals surface area (Å²) in [6, 6.07) is 3.26. The van der Waals surface area contributed by atoms with E-state index in [4.69, 9.17) is 21.1 Å². The molecule has 30 heavy (non-hydrogen) atoms. The molecule has 0 radical (unpaired) electrons. The number of nitrogens with one attached hydrogen (secondary N) is 1. The number of rotatable bonds is 7. The Bertz CT molecular complexity index is 1100. The summed E-state index contributed by atoms with van der Waals surface area (Å²) < 4.78 is 10.6. The molecular weight excluding hydrogens is 424 g/mol. The van der Waals surface area contributed by atoms with Crippen LogP contribution in [0.3, 0.4) is 0 Å². The SMILES string of the molecule is CCN(CC)c1nc(C)nc2sc(C(=O)Nc3cc(Cl)c(OC)cc3OC)c(C)c12. The van der Waals surface area contributed by atoms with E-state index in [-0.39, 0.29) is 5.91 Å². The van der Waals surface area contributed by atoms with Crippen molar-refractivity contribution in [3.8, 4) is 11.5 Å². The van der Waals surface area contributed by atoms with Gasteiger partial charge in [0.05, 0.1) is 35.2 Å². The molecular formula is C21H25ClN4O3S. The van der Waals surface area contributed by atoms with E-state index in [9.17, 15) is 4.79 Å². The first-order chi connectivity index (χ1) is 14.3. The number of hydrogen-bond donors (Lipinski definition) is 1. The molecule has 1 N–H and O–H groups in total. The Hall–Kier alpha value is -2.58. The molecule has 9 heteroatoms. The summed E-state index contributed by atoms with van der Waals surface area (Å²) in [5.41, 5.74) is 1.32. The van der Waals surface area contributed by atoms with E-state index in [1.54, 1.807) is 12.1 Å². The van der Waals surface area contributed by atoms with Crippen LogP contribution in [0.1, 0.15) is 34.9 Å². The van der Waals surface area contributed by atoms with Crippen LogP contribution < -0.4 is 19.7 Å². The van der Waals surface area contributed by atoms with E-state index in [2.05, 4.69) is 34.0 Å². The van der Waals surface area contributed by atoms with Gasteiger partial charge in [0.2, 0.25) is 0 Å². The molecule has 0 saturated carbocycles. The summed E-state index contributed by atoms with van der Waals surface area (Å²) >= 11 is 7.59. The smallest absolute Gasteiger partial charge is 0.266 e. The Kier molecular flexibility index (Phi) is 6.67. The molecule has 1 aromatic carbocycles. The van der Waals surface area contributed by atoms with Crippen molar-refractivity contribution in [1.29, 1.82) is 0 Å². The number of hydrogen-bond acceptors (Lipinski definition) is 7. The van der Waals surface area contributed by atoms with Gasteiger partial charge in [0.15, 0.2) is 0 Å². The van der Waals surface area contributed by atoms with Crippen LogP contribution in [-0.4, -0.2) is 43.2 Å². The molecule has 2 heterocycles. The maximum Gasteiger partial charge on any atom is 0.266 e. The lowest BCUT2D eigenvalue weighted by Gasteiger charge is -2.21. The number of carbonyl (C=O) groups is 1. The third-order valence-electron chi connectivity index (χ3n) is 4.87. The predicted octanol–water partition coefficient (Wildman–Crippen LogP) is 5.08. The third-order valence-corrected chi connectivity index (χ3v) is 6.35. The van der Waals surface area contributed by atoms with Crippen LogP contribution in [-0.2, 0) is 0 Å². The van der Waals surface area contributed by atoms with Crippen LogP contribution in [0.25, 0.3) is 10.2 Å². The lowest BCUT2D eigenvalue weighted by atomic mass is 10.1. The summed E-state index contributed by atoms with van der Waals surface area (Å²) in [6.07, 6.45) is 0. The van der Waals surface area contributed by atoms with Crippen molar-refractivity contribution < 1.29 is 14.3 Å². The number of methoxy groups -OCH3 is 2. The van der Waals surface area contributed by atoms with Gasteiger partial charge < -0.3 is 19.7 Å². The second kappa shape index (κ2) is 9.06. The van der Waals surface area contributed by atoms with Crippen molar-refractivity contribution >= 4 is 50.6 Å². The normalized spacial score (nSPS) is 10.9. The van der Waals surface area contributed by atoms with Crippen LogP contribution in [0.15, 0.2) is 12.1 Å². The summed E-state index contributed by atoms with van der Waals surface area (Å²) in [7, 11) is 3.05. The lowest BCUT2D eigenvalue weighted by molar-refractivity contribution is 0.102. The van der Waals surface area contributed by atoms with Gasteiger partial charge in [-0.05, 0) is 39.3 Å². The first-order valence-corrected chi connectivity index (χ1v) is 10.8. The van der Waals surface area contributed by atoms with E-state index >= 15 is 0 Å². The van der Waals surface area contributed by atoms with Gasteiger partial charge >= 0.3 is 0 Å². The van der Waals surface area contributed by atoms with Gasteiger partial charge in [-0.25, -0.2) is 9.97 Å². The molecule has 0 atom stereocenters. The maximum absolute atomic E-state index is 13.2. The molecule has 160 valence electrons. The Labute approximate surface area is 185 Å². The van der Waals surface area contributed by atoms with Crippen molar-refractivity contribution in [2.45, 2.75) is 27.7 Å². The second-order valence-corrected chi connectivity index (χ2v) is 8.05. The number of benzene rings is 1. The predicted molar refractivity (Wildman–Crippen MR) is 123 cm³/mol. The number of fused-ring (bicyclic) bond motifs is 1. The molecule has 0 saturated heterocycles. The molecule has 0 aliphatic carbocycles. The monoisotopic (exact) mass is 448 g/mol. The molecule has 0 fully saturated rings. The highest BCUT2D eigenvalue weighted by Crippen LogP contribution is 2.38. The molecule has 3 aromatic rings. The summed E-state index contributed by atoms with van der Waals surface area (Å²) in [5, 5.41) is 4.21. The molecule has 7 nitrogen and oxygen atoms in total. The Morgan fingerprint density at radius 2 is 1.80 bits per heavy atom. The summed E-state index contributed by atoms with van der Waals surface area (Å²) in [6.45, 7) is 9.60. The Morgan fingerprint density at radius 3 is 2.40 bits per heavy atom. The molecule has 3 rings (SSSR count). The fraction of sp³-hybridized carbons (Fsp3) is 0.381. The van der Waals surface area contributed by atoms with E-state index < -0.39 is 0 Å². The summed E-state index contributed by atoms with van der Waals surface area (Å²) in [4.78, 5) is 25.9. The first-order valence-electron chi connectivity index (χ1n) is 9.60. The minimum atomic E-state index is -0.252. The Balaban J connectivity index is 2.06. The van der Waals surface area contributed by atoms with Gasteiger partial charge in [0.1, 0.15) is 28.0 Å². The topological polar surface area (TPSA) is 76.6 Å². The van der Waals surface area contributed by atoms with Gasteiger partial charge in [-0.15, -0.1) is 11.3 Å². The van der Waals surface area contributed by atoms with Crippen molar-refractivity contribution in [1.82, 2.24) is 9.97 Å². The van der Waals surface area contributed by atoms with Gasteiger partial charge in [-0.2, -0.15) is 0 Å². The zero-order chi connectivity index (χ0) is 22.0. The quantitative estimate of drug-likeness (QED) is 0.543. The van der Waals surface area contributed by atoms with E-state index in [1.165, 1.54) is 25.6 Å². The van der Waals surface area contributed by atoms with E-state index in [0.717, 1.165) is 34.7 Å². The molecule has 1 amide bonds. The number of aromatic nitrogens is 2. The zero-order valence-electron chi connectivity index (χ0n) is 17.9. The van der Waals surface area contributed by atoms with E-state index in [0.29, 0.717) is 32.9 Å². The molecule has 0 aliphatic heterocycles. The number of carbonyl (C=O) groups excluding carboxylic acids is 1. The van der Waals surface area contributed by atoms with Crippen molar-refractivity contribution in [3.05, 3.63) is 33.4 Å². The molecule has 0 bridgehead atoms. The minimum Gasteiger partial charge on any atom is -0.495 e. The van der Waals surface area contributed by atoms with Crippen LogP contribution in [0.5, 0.6) is 11.5 Å². The zero-order valence-corrected chi connectivity index (χ0v) is 19.5. The van der Waals surface area contributed by atoms with E-state index in [1.807, 2.05) is 13.8 Å². The number of thiophene rings is 1. The number of aryl methyl sites for hydroxylation is 2. The lowest BCUT2D eigenvalue weighted by Crippen LogP contribution is -2.23. The van der Waals surface area contributed by atoms with Gasteiger partial charge in [-0.1, -0.05) is 11.6 Å². The number of nitrogens with zero attached hydrogens (tertiary/aromatic N) is 3. The molecule has 0 aliphatic rings. The number of ether oxygens (including phenoxy) is 2. The number of anilines is 2. The fourth-order valence-electron chi connectivity index (χ4n) is 3.33. The van der Waals surface area contributed by atoms with Crippen molar-refractivity contribution in [2.75, 3.05) is 37.5 Å². The average Bonchev–Trinajstić information content (AvgIpc) is 3.05. The number of halogens is 1. The van der Waals surface area contributed by atoms with Gasteiger partial charge in [-0.3, -0.25) is 4.79 Å². The summed E-state index contributed by atoms with van der Waals surface area (Å²) in [5.74, 6) is 2.22. The average molecular weight is 449 g/mol. The molecule has 0 spiro atoms. The van der Waals surface area contributed by atoms with Gasteiger partial charge in [0.25, 0.3) is 5.91 Å². The van der Waals surface area contributed by atoms with Gasteiger partial charge in [0, 0.05) is 19.2 Å². The molecule has 2 aromatic heterocycles. The standard InChI is InChI=1S/C21H25ClN4O3S/c1-7-26(8-2)19-17-11(3)18(30-21(17)24-12(4)23-19)20(27)25-14-9-13(22)15(28-5)10-16(14)29-6/h9-10H,7-8H2,1-6H3,(H,25,27). The first kappa shape index (κ1) is 22.1. The van der Waals surface area contributed by atoms with Crippen molar-refractivity contribution in [2.24, 2.45) is 0 Å². The fourth-order valence-corrected chi connectivity index (χ4v) is 4.68. The molecule has 0 unspecified atom stereocenters.